The lowest BCUT2D eigenvalue weighted by Gasteiger charge is -2.33. The summed E-state index contributed by atoms with van der Waals surface area (Å²) >= 11 is 0. The number of anilines is 1. The number of aliphatic hydroxyl groups is 1. The normalized spacial score (nSPS) is 23.7. The molecule has 4 nitrogen and oxygen atoms in total. The minimum absolute atomic E-state index is 0.0129. The van der Waals surface area contributed by atoms with E-state index in [2.05, 4.69) is 10.6 Å². The third-order valence-corrected chi connectivity index (χ3v) is 3.51. The summed E-state index contributed by atoms with van der Waals surface area (Å²) in [4.78, 5) is 12.2. The molecule has 1 heterocycles. The lowest BCUT2D eigenvalue weighted by Crippen LogP contribution is -2.54. The molecule has 2 rings (SSSR count). The zero-order valence-corrected chi connectivity index (χ0v) is 10.7. The molecule has 1 aliphatic rings. The molecular weight excluding hydrogens is 228 g/mol. The highest BCUT2D eigenvalue weighted by Crippen LogP contribution is 2.21. The molecule has 1 atom stereocenters. The maximum atomic E-state index is 12.2. The first-order valence-electron chi connectivity index (χ1n) is 6.40. The van der Waals surface area contributed by atoms with Gasteiger partial charge in [0, 0.05) is 5.69 Å². The molecule has 0 aliphatic carbocycles. The van der Waals surface area contributed by atoms with Crippen molar-refractivity contribution in [1.29, 1.82) is 0 Å². The Kier molecular flexibility index (Phi) is 3.99. The van der Waals surface area contributed by atoms with Gasteiger partial charge < -0.3 is 15.7 Å². The molecule has 0 saturated carbocycles. The second-order valence-corrected chi connectivity index (χ2v) is 5.03. The van der Waals surface area contributed by atoms with Gasteiger partial charge in [-0.2, -0.15) is 0 Å². The minimum atomic E-state index is -0.464. The maximum Gasteiger partial charge on any atom is 0.244 e. The number of carbonyl (C=O) groups is 1. The van der Waals surface area contributed by atoms with E-state index in [0.29, 0.717) is 0 Å². The van der Waals surface area contributed by atoms with Crippen LogP contribution in [0.5, 0.6) is 0 Å². The highest BCUT2D eigenvalue weighted by molar-refractivity contribution is 5.97. The van der Waals surface area contributed by atoms with Crippen molar-refractivity contribution in [1.82, 2.24) is 5.32 Å². The van der Waals surface area contributed by atoms with E-state index in [1.807, 2.05) is 31.2 Å². The van der Waals surface area contributed by atoms with Crippen molar-refractivity contribution in [3.8, 4) is 0 Å². The summed E-state index contributed by atoms with van der Waals surface area (Å²) in [6.45, 7) is 2.87. The zero-order chi connectivity index (χ0) is 13.0. The van der Waals surface area contributed by atoms with Crippen LogP contribution in [-0.2, 0) is 11.4 Å². The molecule has 1 aromatic rings. The van der Waals surface area contributed by atoms with Crippen LogP contribution in [0.1, 0.15) is 31.7 Å². The van der Waals surface area contributed by atoms with Crippen molar-refractivity contribution in [2.75, 3.05) is 11.9 Å². The summed E-state index contributed by atoms with van der Waals surface area (Å²) in [6, 6.07) is 7.25. The number of nitrogens with one attached hydrogen (secondary N) is 2. The van der Waals surface area contributed by atoms with E-state index in [-0.39, 0.29) is 12.5 Å². The van der Waals surface area contributed by atoms with Crippen LogP contribution in [0.15, 0.2) is 24.3 Å². The Morgan fingerprint density at radius 2 is 2.11 bits per heavy atom. The smallest absolute Gasteiger partial charge is 0.244 e. The first kappa shape index (κ1) is 13.1. The number of hydrogen-bond donors (Lipinski definition) is 3. The van der Waals surface area contributed by atoms with Crippen molar-refractivity contribution < 1.29 is 9.90 Å². The molecule has 1 fully saturated rings. The predicted octanol–water partition coefficient (Wildman–Crippen LogP) is 1.65. The van der Waals surface area contributed by atoms with Gasteiger partial charge in [-0.15, -0.1) is 0 Å². The lowest BCUT2D eigenvalue weighted by molar-refractivity contribution is -0.122. The Hall–Kier alpha value is -1.39. The van der Waals surface area contributed by atoms with Crippen LogP contribution < -0.4 is 10.6 Å². The Bertz CT molecular complexity index is 408. The van der Waals surface area contributed by atoms with Crippen molar-refractivity contribution >= 4 is 11.6 Å². The molecule has 1 saturated heterocycles. The number of rotatable bonds is 3. The van der Waals surface area contributed by atoms with E-state index in [0.717, 1.165) is 37.1 Å². The monoisotopic (exact) mass is 248 g/mol. The lowest BCUT2D eigenvalue weighted by atomic mass is 9.90. The van der Waals surface area contributed by atoms with Crippen LogP contribution in [0, 0.1) is 0 Å². The third-order valence-electron chi connectivity index (χ3n) is 3.51. The molecule has 1 aliphatic heterocycles. The van der Waals surface area contributed by atoms with E-state index in [1.165, 1.54) is 0 Å². The van der Waals surface area contributed by atoms with Crippen LogP contribution in [0.3, 0.4) is 0 Å². The first-order chi connectivity index (χ1) is 8.64. The number of aliphatic hydroxyl groups excluding tert-OH is 1. The molecule has 1 aromatic carbocycles. The molecular formula is C14H20N2O2. The van der Waals surface area contributed by atoms with Gasteiger partial charge >= 0.3 is 0 Å². The highest BCUT2D eigenvalue weighted by Gasteiger charge is 2.34. The maximum absolute atomic E-state index is 12.2. The first-order valence-corrected chi connectivity index (χ1v) is 6.40. The molecule has 3 N–H and O–H groups in total. The molecule has 0 spiro atoms. The van der Waals surface area contributed by atoms with Crippen LogP contribution in [-0.4, -0.2) is 23.1 Å². The summed E-state index contributed by atoms with van der Waals surface area (Å²) in [5, 5.41) is 15.2. The molecule has 1 amide bonds. The third kappa shape index (κ3) is 2.89. The predicted molar refractivity (Wildman–Crippen MR) is 71.3 cm³/mol. The fourth-order valence-corrected chi connectivity index (χ4v) is 2.21. The fraction of sp³-hybridized carbons (Fsp3) is 0.500. The average molecular weight is 248 g/mol. The topological polar surface area (TPSA) is 61.4 Å². The van der Waals surface area contributed by atoms with E-state index in [9.17, 15) is 4.79 Å². The van der Waals surface area contributed by atoms with Gasteiger partial charge in [-0.1, -0.05) is 12.1 Å². The molecule has 0 radical (unpaired) electrons. The molecule has 98 valence electrons. The van der Waals surface area contributed by atoms with Gasteiger partial charge in [0.2, 0.25) is 5.91 Å². The number of benzene rings is 1. The number of hydrogen-bond acceptors (Lipinski definition) is 3. The number of carbonyl (C=O) groups excluding carboxylic acids is 1. The van der Waals surface area contributed by atoms with Crippen molar-refractivity contribution in [3.05, 3.63) is 29.8 Å². The van der Waals surface area contributed by atoms with E-state index >= 15 is 0 Å². The van der Waals surface area contributed by atoms with E-state index < -0.39 is 5.54 Å². The van der Waals surface area contributed by atoms with Crippen LogP contribution >= 0.6 is 0 Å². The van der Waals surface area contributed by atoms with Crippen molar-refractivity contribution in [3.63, 3.8) is 0 Å². The van der Waals surface area contributed by atoms with Gasteiger partial charge in [0.25, 0.3) is 0 Å². The molecule has 0 aromatic heterocycles. The van der Waals surface area contributed by atoms with Crippen molar-refractivity contribution in [2.45, 2.75) is 38.3 Å². The Balaban J connectivity index is 2.01. The fourth-order valence-electron chi connectivity index (χ4n) is 2.21. The van der Waals surface area contributed by atoms with Crippen molar-refractivity contribution in [2.24, 2.45) is 0 Å². The second-order valence-electron chi connectivity index (χ2n) is 5.03. The Morgan fingerprint density at radius 1 is 1.39 bits per heavy atom. The summed E-state index contributed by atoms with van der Waals surface area (Å²) in [5.41, 5.74) is 1.15. The van der Waals surface area contributed by atoms with Gasteiger partial charge in [-0.05, 0) is 50.4 Å². The van der Waals surface area contributed by atoms with Gasteiger partial charge in [0.05, 0.1) is 12.1 Å². The SMILES string of the molecule is CC1(C(=O)Nc2ccc(CO)cc2)CCCCN1. The average Bonchev–Trinajstić information content (AvgIpc) is 2.40. The standard InChI is InChI=1S/C14H20N2O2/c1-14(8-2-3-9-15-14)13(18)16-12-6-4-11(10-17)5-7-12/h4-7,15,17H,2-3,8-10H2,1H3,(H,16,18). The number of piperidine rings is 1. The van der Waals surface area contributed by atoms with Gasteiger partial charge in [-0.3, -0.25) is 4.79 Å². The summed E-state index contributed by atoms with van der Waals surface area (Å²) in [6.07, 6.45) is 3.09. The van der Waals surface area contributed by atoms with Gasteiger partial charge in [0.1, 0.15) is 0 Å². The summed E-state index contributed by atoms with van der Waals surface area (Å²) in [7, 11) is 0. The largest absolute Gasteiger partial charge is 0.392 e. The highest BCUT2D eigenvalue weighted by atomic mass is 16.3. The molecule has 18 heavy (non-hydrogen) atoms. The van der Waals surface area contributed by atoms with Crippen LogP contribution in [0.4, 0.5) is 5.69 Å². The molecule has 1 unspecified atom stereocenters. The second kappa shape index (κ2) is 5.50. The van der Waals surface area contributed by atoms with Crippen LogP contribution in [0.25, 0.3) is 0 Å². The zero-order valence-electron chi connectivity index (χ0n) is 10.7. The Morgan fingerprint density at radius 3 is 2.67 bits per heavy atom. The van der Waals surface area contributed by atoms with E-state index in [1.54, 1.807) is 0 Å². The van der Waals surface area contributed by atoms with Gasteiger partial charge in [-0.25, -0.2) is 0 Å². The minimum Gasteiger partial charge on any atom is -0.392 e. The number of amides is 1. The summed E-state index contributed by atoms with van der Waals surface area (Å²) in [5.74, 6) is 0.0129. The molecule has 4 heteroatoms. The van der Waals surface area contributed by atoms with Gasteiger partial charge in [0.15, 0.2) is 0 Å². The summed E-state index contributed by atoms with van der Waals surface area (Å²) < 4.78 is 0. The quantitative estimate of drug-likeness (QED) is 0.762. The molecule has 0 bridgehead atoms. The van der Waals surface area contributed by atoms with Crippen LogP contribution in [0.2, 0.25) is 0 Å². The van der Waals surface area contributed by atoms with E-state index in [4.69, 9.17) is 5.11 Å². The Labute approximate surface area is 107 Å².